The molecular formula is C21H20ClNO5. The SMILES string of the molecule is CCCOc1c(Cl)cc(/C=C/C(=O)Oc2ccc(C#N)cc2OC)cc1OC. The van der Waals surface area contributed by atoms with E-state index in [1.807, 2.05) is 13.0 Å². The Labute approximate surface area is 168 Å². The second-order valence-electron chi connectivity index (χ2n) is 5.61. The fraction of sp³-hybridized carbons (Fsp3) is 0.238. The molecule has 2 aromatic carbocycles. The molecule has 0 bridgehead atoms. The molecule has 0 N–H and O–H groups in total. The molecule has 0 amide bonds. The highest BCUT2D eigenvalue weighted by molar-refractivity contribution is 6.32. The molecule has 6 nitrogen and oxygen atoms in total. The monoisotopic (exact) mass is 401 g/mol. The van der Waals surface area contributed by atoms with Crippen LogP contribution in [0.2, 0.25) is 5.02 Å². The maximum absolute atomic E-state index is 12.1. The van der Waals surface area contributed by atoms with Crippen LogP contribution in [0.15, 0.2) is 36.4 Å². The first-order valence-corrected chi connectivity index (χ1v) is 8.88. The van der Waals surface area contributed by atoms with E-state index in [1.54, 1.807) is 18.2 Å². The first kappa shape index (κ1) is 21.1. The van der Waals surface area contributed by atoms with Crippen LogP contribution in [0.1, 0.15) is 24.5 Å². The Morgan fingerprint density at radius 1 is 1.14 bits per heavy atom. The van der Waals surface area contributed by atoms with Crippen LogP contribution in [-0.2, 0) is 4.79 Å². The number of nitrogens with zero attached hydrogens (tertiary/aromatic N) is 1. The van der Waals surface area contributed by atoms with E-state index in [0.29, 0.717) is 40.0 Å². The van der Waals surface area contributed by atoms with Crippen molar-refractivity contribution < 1.29 is 23.7 Å². The van der Waals surface area contributed by atoms with Crippen molar-refractivity contribution >= 4 is 23.6 Å². The van der Waals surface area contributed by atoms with Crippen molar-refractivity contribution in [2.75, 3.05) is 20.8 Å². The Bertz CT molecular complexity index is 918. The largest absolute Gasteiger partial charge is 0.493 e. The van der Waals surface area contributed by atoms with Gasteiger partial charge in [-0.2, -0.15) is 5.26 Å². The number of halogens is 1. The van der Waals surface area contributed by atoms with Crippen molar-refractivity contribution in [1.29, 1.82) is 5.26 Å². The number of nitriles is 1. The van der Waals surface area contributed by atoms with Crippen molar-refractivity contribution in [3.63, 3.8) is 0 Å². The van der Waals surface area contributed by atoms with E-state index in [9.17, 15) is 4.79 Å². The maximum Gasteiger partial charge on any atom is 0.336 e. The minimum absolute atomic E-state index is 0.218. The van der Waals surface area contributed by atoms with Crippen LogP contribution in [0.25, 0.3) is 6.08 Å². The Kier molecular flexibility index (Phi) is 7.73. The number of hydrogen-bond acceptors (Lipinski definition) is 6. The lowest BCUT2D eigenvalue weighted by Gasteiger charge is -2.12. The number of methoxy groups -OCH3 is 2. The molecule has 28 heavy (non-hydrogen) atoms. The summed E-state index contributed by atoms with van der Waals surface area (Å²) in [6, 6.07) is 9.90. The van der Waals surface area contributed by atoms with Crippen LogP contribution in [0.4, 0.5) is 0 Å². The van der Waals surface area contributed by atoms with Gasteiger partial charge in [0.05, 0.1) is 37.5 Å². The predicted molar refractivity (Wildman–Crippen MR) is 106 cm³/mol. The highest BCUT2D eigenvalue weighted by Gasteiger charge is 2.12. The quantitative estimate of drug-likeness (QED) is 0.364. The summed E-state index contributed by atoms with van der Waals surface area (Å²) in [6.45, 7) is 2.51. The number of carbonyl (C=O) groups is 1. The molecule has 0 atom stereocenters. The van der Waals surface area contributed by atoms with Crippen molar-refractivity contribution in [1.82, 2.24) is 0 Å². The molecule has 0 fully saturated rings. The van der Waals surface area contributed by atoms with E-state index in [2.05, 4.69) is 0 Å². The molecular weight excluding hydrogens is 382 g/mol. The predicted octanol–water partition coefficient (Wildman–Crippen LogP) is 4.64. The molecule has 0 aliphatic rings. The summed E-state index contributed by atoms with van der Waals surface area (Å²) in [5.41, 5.74) is 1.05. The molecule has 146 valence electrons. The van der Waals surface area contributed by atoms with Crippen LogP contribution < -0.4 is 18.9 Å². The Balaban J connectivity index is 2.16. The van der Waals surface area contributed by atoms with Gasteiger partial charge in [0.15, 0.2) is 23.0 Å². The van der Waals surface area contributed by atoms with E-state index in [4.69, 9.17) is 35.8 Å². The Hall–Kier alpha value is -3.17. The van der Waals surface area contributed by atoms with Crippen molar-refractivity contribution in [3.8, 4) is 29.1 Å². The fourth-order valence-electron chi connectivity index (χ4n) is 2.31. The van der Waals surface area contributed by atoms with Crippen LogP contribution >= 0.6 is 11.6 Å². The lowest BCUT2D eigenvalue weighted by molar-refractivity contribution is -0.129. The van der Waals surface area contributed by atoms with Crippen molar-refractivity contribution in [2.45, 2.75) is 13.3 Å². The summed E-state index contributed by atoms with van der Waals surface area (Å²) in [5.74, 6) is 0.846. The third-order valence-electron chi connectivity index (χ3n) is 3.62. The highest BCUT2D eigenvalue weighted by atomic mass is 35.5. The molecule has 0 aliphatic carbocycles. The van der Waals surface area contributed by atoms with Gasteiger partial charge in [0.2, 0.25) is 0 Å². The minimum Gasteiger partial charge on any atom is -0.493 e. The fourth-order valence-corrected chi connectivity index (χ4v) is 2.58. The normalized spacial score (nSPS) is 10.4. The second kappa shape index (κ2) is 10.2. The summed E-state index contributed by atoms with van der Waals surface area (Å²) >= 11 is 6.26. The average Bonchev–Trinajstić information content (AvgIpc) is 2.71. The zero-order valence-electron chi connectivity index (χ0n) is 15.8. The van der Waals surface area contributed by atoms with E-state index in [0.717, 1.165) is 6.42 Å². The number of rotatable bonds is 8. The molecule has 0 aliphatic heterocycles. The number of ether oxygens (including phenoxy) is 4. The molecule has 0 aromatic heterocycles. The average molecular weight is 402 g/mol. The molecule has 2 rings (SSSR count). The van der Waals surface area contributed by atoms with Crippen molar-refractivity contribution in [3.05, 3.63) is 52.6 Å². The van der Waals surface area contributed by atoms with Gasteiger partial charge >= 0.3 is 5.97 Å². The number of carbonyl (C=O) groups excluding carboxylic acids is 1. The molecule has 0 spiro atoms. The zero-order valence-corrected chi connectivity index (χ0v) is 16.6. The lowest BCUT2D eigenvalue weighted by Crippen LogP contribution is -2.05. The van der Waals surface area contributed by atoms with Gasteiger partial charge < -0.3 is 18.9 Å². The van der Waals surface area contributed by atoms with Gasteiger partial charge in [-0.05, 0) is 42.3 Å². The molecule has 0 saturated carbocycles. The molecule has 2 aromatic rings. The van der Waals surface area contributed by atoms with Crippen LogP contribution in [0.5, 0.6) is 23.0 Å². The van der Waals surface area contributed by atoms with Gasteiger partial charge in [-0.15, -0.1) is 0 Å². The summed E-state index contributed by atoms with van der Waals surface area (Å²) in [6.07, 6.45) is 3.65. The summed E-state index contributed by atoms with van der Waals surface area (Å²) in [5, 5.41) is 9.30. The zero-order chi connectivity index (χ0) is 20.5. The smallest absolute Gasteiger partial charge is 0.336 e. The first-order valence-electron chi connectivity index (χ1n) is 8.50. The number of hydrogen-bond donors (Lipinski definition) is 0. The van der Waals surface area contributed by atoms with Gasteiger partial charge in [0, 0.05) is 12.1 Å². The molecule has 0 radical (unpaired) electrons. The summed E-state index contributed by atoms with van der Waals surface area (Å²) in [7, 11) is 2.95. The van der Waals surface area contributed by atoms with Crippen LogP contribution in [0.3, 0.4) is 0 Å². The van der Waals surface area contributed by atoms with Gasteiger partial charge in [0.25, 0.3) is 0 Å². The third kappa shape index (κ3) is 5.41. The minimum atomic E-state index is -0.607. The van der Waals surface area contributed by atoms with E-state index >= 15 is 0 Å². The standard InChI is InChI=1S/C21H20ClNO5/c1-4-9-27-21-16(22)10-14(11-19(21)26-3)6-8-20(24)28-17-7-5-15(13-23)12-18(17)25-2/h5-8,10-12H,4,9H2,1-3H3/b8-6+. The third-order valence-corrected chi connectivity index (χ3v) is 3.90. The Morgan fingerprint density at radius 2 is 1.89 bits per heavy atom. The molecule has 0 unspecified atom stereocenters. The molecule has 0 saturated heterocycles. The lowest BCUT2D eigenvalue weighted by atomic mass is 10.2. The Morgan fingerprint density at radius 3 is 2.54 bits per heavy atom. The van der Waals surface area contributed by atoms with Gasteiger partial charge in [-0.1, -0.05) is 18.5 Å². The van der Waals surface area contributed by atoms with Crippen LogP contribution in [-0.4, -0.2) is 26.8 Å². The van der Waals surface area contributed by atoms with Gasteiger partial charge in [0.1, 0.15) is 0 Å². The second-order valence-corrected chi connectivity index (χ2v) is 6.02. The highest BCUT2D eigenvalue weighted by Crippen LogP contribution is 2.37. The summed E-state index contributed by atoms with van der Waals surface area (Å²) in [4.78, 5) is 12.1. The number of benzene rings is 2. The molecule has 0 heterocycles. The summed E-state index contributed by atoms with van der Waals surface area (Å²) < 4.78 is 21.3. The van der Waals surface area contributed by atoms with Gasteiger partial charge in [-0.3, -0.25) is 0 Å². The van der Waals surface area contributed by atoms with E-state index in [1.165, 1.54) is 38.5 Å². The number of esters is 1. The maximum atomic E-state index is 12.1. The van der Waals surface area contributed by atoms with Crippen molar-refractivity contribution in [2.24, 2.45) is 0 Å². The van der Waals surface area contributed by atoms with Crippen LogP contribution in [0, 0.1) is 11.3 Å². The van der Waals surface area contributed by atoms with E-state index in [-0.39, 0.29) is 5.75 Å². The van der Waals surface area contributed by atoms with Gasteiger partial charge in [-0.25, -0.2) is 4.79 Å². The molecule has 7 heteroatoms. The first-order chi connectivity index (χ1) is 13.5. The van der Waals surface area contributed by atoms with E-state index < -0.39 is 5.97 Å². The topological polar surface area (TPSA) is 77.8 Å².